The molecule has 1 fully saturated rings. The Bertz CT molecular complexity index is 1180. The third-order valence-corrected chi connectivity index (χ3v) is 7.02. The number of amides is 1. The molecule has 8 nitrogen and oxygen atoms in total. The highest BCUT2D eigenvalue weighted by Crippen LogP contribution is 2.29. The minimum atomic E-state index is -4.13. The maximum absolute atomic E-state index is 14.3. The van der Waals surface area contributed by atoms with Gasteiger partial charge in [-0.2, -0.15) is 9.29 Å². The molecule has 10 heteroatoms. The molecule has 0 N–H and O–H groups in total. The van der Waals surface area contributed by atoms with Gasteiger partial charge < -0.3 is 9.42 Å². The minimum Gasteiger partial charge on any atom is -0.337 e. The van der Waals surface area contributed by atoms with Gasteiger partial charge in [-0.3, -0.25) is 4.79 Å². The smallest absolute Gasteiger partial charge is 0.254 e. The molecule has 1 aliphatic heterocycles. The molecule has 0 aliphatic carbocycles. The Balaban J connectivity index is 1.72. The monoisotopic (exact) mass is 444 g/mol. The predicted octanol–water partition coefficient (Wildman–Crippen LogP) is 2.80. The summed E-state index contributed by atoms with van der Waals surface area (Å²) in [5, 5.41) is 3.80. The molecule has 3 aromatic rings. The van der Waals surface area contributed by atoms with Gasteiger partial charge in [-0.25, -0.2) is 12.8 Å². The number of rotatable bonds is 4. The lowest BCUT2D eigenvalue weighted by Crippen LogP contribution is -2.40. The van der Waals surface area contributed by atoms with Crippen LogP contribution in [0.25, 0.3) is 0 Å². The number of carbonyl (C=O) groups is 1. The first-order chi connectivity index (χ1) is 14.9. The quantitative estimate of drug-likeness (QED) is 0.614. The van der Waals surface area contributed by atoms with E-state index in [1.807, 2.05) is 0 Å². The Labute approximate surface area is 179 Å². The zero-order chi connectivity index (χ0) is 22.0. The lowest BCUT2D eigenvalue weighted by atomic mass is 10.1. The molecule has 0 spiro atoms. The Morgan fingerprint density at radius 2 is 1.81 bits per heavy atom. The maximum Gasteiger partial charge on any atom is 0.254 e. The van der Waals surface area contributed by atoms with Crippen LogP contribution in [0.4, 0.5) is 4.39 Å². The largest absolute Gasteiger partial charge is 0.337 e. The first-order valence-electron chi connectivity index (χ1n) is 9.79. The van der Waals surface area contributed by atoms with Crippen molar-refractivity contribution in [1.29, 1.82) is 0 Å². The summed E-state index contributed by atoms with van der Waals surface area (Å²) in [6.07, 6.45) is 0.371. The van der Waals surface area contributed by atoms with Crippen molar-refractivity contribution in [3.8, 4) is 0 Å². The number of hydrogen-bond donors (Lipinski definition) is 0. The average molecular weight is 444 g/mol. The Kier molecular flexibility index (Phi) is 5.84. The van der Waals surface area contributed by atoms with Crippen molar-refractivity contribution >= 4 is 15.9 Å². The first-order valence-corrected chi connectivity index (χ1v) is 11.2. The summed E-state index contributed by atoms with van der Waals surface area (Å²) in [5.74, 6) is -0.590. The van der Waals surface area contributed by atoms with Gasteiger partial charge in [0.2, 0.25) is 10.0 Å². The SMILES string of the molecule is Cc1noc(C2CN(S(=O)(=O)c3ccccc3F)CCCN2C(=O)c2ccccc2)n1. The zero-order valence-electron chi connectivity index (χ0n) is 16.8. The third-order valence-electron chi connectivity index (χ3n) is 5.12. The minimum absolute atomic E-state index is 0.124. The van der Waals surface area contributed by atoms with E-state index in [2.05, 4.69) is 10.1 Å². The summed E-state index contributed by atoms with van der Waals surface area (Å²) in [7, 11) is -4.13. The Hall–Kier alpha value is -3.11. The number of hydrogen-bond acceptors (Lipinski definition) is 6. The molecule has 0 bridgehead atoms. The fourth-order valence-corrected chi connectivity index (χ4v) is 5.17. The van der Waals surface area contributed by atoms with Gasteiger partial charge in [0.05, 0.1) is 0 Å². The number of aromatic nitrogens is 2. The number of aryl methyl sites for hydroxylation is 1. The van der Waals surface area contributed by atoms with Gasteiger partial charge >= 0.3 is 0 Å². The Morgan fingerprint density at radius 3 is 2.48 bits per heavy atom. The highest BCUT2D eigenvalue weighted by molar-refractivity contribution is 7.89. The second-order valence-electron chi connectivity index (χ2n) is 7.21. The summed E-state index contributed by atoms with van der Waals surface area (Å²) in [4.78, 5) is 18.6. The molecule has 162 valence electrons. The molecule has 1 unspecified atom stereocenters. The van der Waals surface area contributed by atoms with E-state index in [0.717, 1.165) is 6.07 Å². The standard InChI is InChI=1S/C21H21FN4O4S/c1-15-23-20(30-24-15)18-14-25(31(28,29)19-11-6-5-10-17(19)22)12-7-13-26(18)21(27)16-8-3-2-4-9-16/h2-6,8-11,18H,7,12-14H2,1H3. The van der Waals surface area contributed by atoms with E-state index in [-0.39, 0.29) is 31.4 Å². The highest BCUT2D eigenvalue weighted by atomic mass is 32.2. The topological polar surface area (TPSA) is 96.6 Å². The predicted molar refractivity (Wildman–Crippen MR) is 109 cm³/mol. The van der Waals surface area contributed by atoms with Gasteiger partial charge in [-0.15, -0.1) is 0 Å². The molecule has 1 saturated heterocycles. The summed E-state index contributed by atoms with van der Waals surface area (Å²) < 4.78 is 47.2. The van der Waals surface area contributed by atoms with Crippen LogP contribution in [0.5, 0.6) is 0 Å². The van der Waals surface area contributed by atoms with Crippen LogP contribution < -0.4 is 0 Å². The van der Waals surface area contributed by atoms with Crippen molar-refractivity contribution in [1.82, 2.24) is 19.3 Å². The molecule has 4 rings (SSSR count). The van der Waals surface area contributed by atoms with E-state index in [0.29, 0.717) is 17.8 Å². The number of nitrogens with zero attached hydrogens (tertiary/aromatic N) is 4. The van der Waals surface area contributed by atoms with Crippen molar-refractivity contribution < 1.29 is 22.1 Å². The first kappa shape index (κ1) is 21.1. The van der Waals surface area contributed by atoms with Crippen LogP contribution in [0.3, 0.4) is 0 Å². The molecule has 1 atom stereocenters. The zero-order valence-corrected chi connectivity index (χ0v) is 17.6. The number of carbonyl (C=O) groups excluding carboxylic acids is 1. The molecule has 2 aromatic carbocycles. The lowest BCUT2D eigenvalue weighted by molar-refractivity contribution is 0.0648. The van der Waals surface area contributed by atoms with Crippen LogP contribution in [0.1, 0.15) is 34.5 Å². The van der Waals surface area contributed by atoms with E-state index in [4.69, 9.17) is 4.52 Å². The van der Waals surface area contributed by atoms with Gasteiger partial charge in [0.15, 0.2) is 5.82 Å². The van der Waals surface area contributed by atoms with Crippen LogP contribution in [0.2, 0.25) is 0 Å². The van der Waals surface area contributed by atoms with E-state index in [1.165, 1.54) is 22.5 Å². The van der Waals surface area contributed by atoms with Crippen LogP contribution >= 0.6 is 0 Å². The second-order valence-corrected chi connectivity index (χ2v) is 9.11. The van der Waals surface area contributed by atoms with Crippen LogP contribution in [0, 0.1) is 12.7 Å². The number of sulfonamides is 1. The van der Waals surface area contributed by atoms with Crippen molar-refractivity contribution in [3.05, 3.63) is 77.7 Å². The molecule has 1 amide bonds. The average Bonchev–Trinajstić information content (AvgIpc) is 3.07. The van der Waals surface area contributed by atoms with E-state index in [9.17, 15) is 17.6 Å². The fourth-order valence-electron chi connectivity index (χ4n) is 3.62. The summed E-state index contributed by atoms with van der Waals surface area (Å²) in [6, 6.07) is 13.1. The molecule has 2 heterocycles. The van der Waals surface area contributed by atoms with Gasteiger partial charge in [0, 0.05) is 25.2 Å². The number of halogens is 1. The summed E-state index contributed by atoms with van der Waals surface area (Å²) >= 11 is 0. The van der Waals surface area contributed by atoms with Crippen LogP contribution in [-0.2, 0) is 10.0 Å². The molecular weight excluding hydrogens is 423 g/mol. The molecular formula is C21H21FN4O4S. The van der Waals surface area contributed by atoms with Crippen LogP contribution in [0.15, 0.2) is 64.0 Å². The van der Waals surface area contributed by atoms with Crippen molar-refractivity contribution in [3.63, 3.8) is 0 Å². The van der Waals surface area contributed by atoms with Crippen molar-refractivity contribution in [2.24, 2.45) is 0 Å². The van der Waals surface area contributed by atoms with Crippen molar-refractivity contribution in [2.75, 3.05) is 19.6 Å². The molecule has 1 aliphatic rings. The molecule has 1 aromatic heterocycles. The third kappa shape index (κ3) is 4.21. The van der Waals surface area contributed by atoms with Crippen LogP contribution in [-0.4, -0.2) is 53.3 Å². The van der Waals surface area contributed by atoms with E-state index in [1.54, 1.807) is 42.2 Å². The van der Waals surface area contributed by atoms with Gasteiger partial charge in [-0.05, 0) is 37.6 Å². The lowest BCUT2D eigenvalue weighted by Gasteiger charge is -2.29. The van der Waals surface area contributed by atoms with E-state index >= 15 is 0 Å². The summed E-state index contributed by atoms with van der Waals surface area (Å²) in [5.41, 5.74) is 0.467. The molecule has 0 saturated carbocycles. The van der Waals surface area contributed by atoms with E-state index < -0.39 is 26.8 Å². The maximum atomic E-state index is 14.3. The normalized spacial score (nSPS) is 18.0. The van der Waals surface area contributed by atoms with Crippen molar-refractivity contribution in [2.45, 2.75) is 24.3 Å². The summed E-state index contributed by atoms with van der Waals surface area (Å²) in [6.45, 7) is 1.92. The highest BCUT2D eigenvalue weighted by Gasteiger charge is 2.38. The van der Waals surface area contributed by atoms with Gasteiger partial charge in [-0.1, -0.05) is 35.5 Å². The second kappa shape index (κ2) is 8.56. The van der Waals surface area contributed by atoms with Gasteiger partial charge in [0.25, 0.3) is 11.8 Å². The Morgan fingerprint density at radius 1 is 1.10 bits per heavy atom. The fraction of sp³-hybridized carbons (Fsp3) is 0.286. The number of benzene rings is 2. The van der Waals surface area contributed by atoms with Gasteiger partial charge in [0.1, 0.15) is 16.8 Å². The molecule has 31 heavy (non-hydrogen) atoms. The molecule has 0 radical (unpaired) electrons.